The van der Waals surface area contributed by atoms with Crippen LogP contribution in [-0.4, -0.2) is 0 Å². The highest BCUT2D eigenvalue weighted by Crippen LogP contribution is 2.15. The molecule has 2 unspecified atom stereocenters. The van der Waals surface area contributed by atoms with Crippen molar-refractivity contribution in [2.75, 3.05) is 0 Å². The van der Waals surface area contributed by atoms with E-state index in [-0.39, 0.29) is 6.42 Å². The Labute approximate surface area is 76.5 Å². The van der Waals surface area contributed by atoms with Crippen LogP contribution in [0.3, 0.4) is 0 Å². The fourth-order valence-electron chi connectivity index (χ4n) is 0.765. The molecule has 0 saturated carbocycles. The van der Waals surface area contributed by atoms with Crippen molar-refractivity contribution >= 4 is 0 Å². The summed E-state index contributed by atoms with van der Waals surface area (Å²) in [5, 5.41) is 33.7. The van der Waals surface area contributed by atoms with Gasteiger partial charge in [0.15, 0.2) is 0 Å². The van der Waals surface area contributed by atoms with Gasteiger partial charge in [-0.2, -0.15) is 21.0 Å². The molecule has 62 valence electrons. The lowest BCUT2D eigenvalue weighted by atomic mass is 9.92. The van der Waals surface area contributed by atoms with Crippen LogP contribution in [0, 0.1) is 57.2 Å². The Kier molecular flexibility index (Phi) is 5.28. The highest BCUT2D eigenvalue weighted by molar-refractivity contribution is 5.14. The van der Waals surface area contributed by atoms with Gasteiger partial charge in [-0.25, -0.2) is 0 Å². The van der Waals surface area contributed by atoms with Crippen molar-refractivity contribution in [1.82, 2.24) is 0 Å². The summed E-state index contributed by atoms with van der Waals surface area (Å²) in [6.45, 7) is 0. The largest absolute Gasteiger partial charge is 0.198 e. The molecule has 0 aromatic rings. The fraction of sp³-hybridized carbons (Fsp3) is 0.333. The van der Waals surface area contributed by atoms with Crippen molar-refractivity contribution < 1.29 is 0 Å². The summed E-state index contributed by atoms with van der Waals surface area (Å²) in [6.07, 6.45) is 2.49. The molecule has 0 amide bonds. The maximum absolute atomic E-state index is 8.61. The molecule has 4 nitrogen and oxygen atoms in total. The Morgan fingerprint density at radius 1 is 1.08 bits per heavy atom. The Bertz CT molecular complexity index is 342. The topological polar surface area (TPSA) is 95.2 Å². The lowest BCUT2D eigenvalue weighted by Crippen LogP contribution is -2.07. The molecule has 4 heteroatoms. The number of nitrogens with zero attached hydrogens (tertiary/aromatic N) is 4. The van der Waals surface area contributed by atoms with Gasteiger partial charge in [0.05, 0.1) is 42.5 Å². The van der Waals surface area contributed by atoms with Crippen LogP contribution < -0.4 is 0 Å². The van der Waals surface area contributed by atoms with Crippen LogP contribution in [0.4, 0.5) is 0 Å². The third-order valence-electron chi connectivity index (χ3n) is 1.44. The Balaban J connectivity index is 4.52. The first-order valence-electron chi connectivity index (χ1n) is 3.52. The van der Waals surface area contributed by atoms with Crippen molar-refractivity contribution in [3.05, 3.63) is 12.2 Å². The van der Waals surface area contributed by atoms with Gasteiger partial charge in [0, 0.05) is 6.08 Å². The van der Waals surface area contributed by atoms with Crippen LogP contribution in [-0.2, 0) is 0 Å². The number of hydrogen-bond acceptors (Lipinski definition) is 4. The Morgan fingerprint density at radius 2 is 1.77 bits per heavy atom. The molecule has 0 saturated heterocycles. The molecular weight excluding hydrogens is 164 g/mol. The van der Waals surface area contributed by atoms with E-state index in [4.69, 9.17) is 21.0 Å². The summed E-state index contributed by atoms with van der Waals surface area (Å²) in [6, 6.07) is 7.27. The highest BCUT2D eigenvalue weighted by Gasteiger charge is 2.17. The highest BCUT2D eigenvalue weighted by atomic mass is 14.3. The summed E-state index contributed by atoms with van der Waals surface area (Å²) in [7, 11) is 0. The molecule has 0 aliphatic carbocycles. The molecule has 0 aliphatic rings. The van der Waals surface area contributed by atoms with Crippen molar-refractivity contribution in [3.63, 3.8) is 0 Å². The third kappa shape index (κ3) is 3.57. The zero-order valence-corrected chi connectivity index (χ0v) is 6.81. The minimum atomic E-state index is -0.677. The maximum atomic E-state index is 8.61. The first-order chi connectivity index (χ1) is 6.29. The average Bonchev–Trinajstić information content (AvgIpc) is 2.17. The zero-order valence-electron chi connectivity index (χ0n) is 6.81. The number of hydrogen-bond donors (Lipinski definition) is 0. The average molecular weight is 170 g/mol. The van der Waals surface area contributed by atoms with Gasteiger partial charge in [-0.3, -0.25) is 0 Å². The Morgan fingerprint density at radius 3 is 2.15 bits per heavy atom. The first-order valence-corrected chi connectivity index (χ1v) is 3.52. The van der Waals surface area contributed by atoms with Crippen LogP contribution in [0.25, 0.3) is 0 Å². The van der Waals surface area contributed by atoms with Crippen molar-refractivity contribution in [3.8, 4) is 24.3 Å². The smallest absolute Gasteiger partial charge is 0.0909 e. The maximum Gasteiger partial charge on any atom is 0.0909 e. The van der Waals surface area contributed by atoms with Crippen molar-refractivity contribution in [2.45, 2.75) is 6.42 Å². The SMILES string of the molecule is N#CC=CC(C#N)C(C#N)CC#N. The van der Waals surface area contributed by atoms with Gasteiger partial charge >= 0.3 is 0 Å². The van der Waals surface area contributed by atoms with E-state index in [9.17, 15) is 0 Å². The first kappa shape index (κ1) is 10.7. The standard InChI is InChI=1S/C9H6N4/c10-4-1-2-8(6-12)9(7-13)3-5-11/h1-2,8-9H,3H2. The number of allylic oxidation sites excluding steroid dienone is 2. The van der Waals surface area contributed by atoms with Crippen LogP contribution in [0.15, 0.2) is 12.2 Å². The molecule has 0 aliphatic heterocycles. The minimum absolute atomic E-state index is 0.00446. The van der Waals surface area contributed by atoms with Gasteiger partial charge in [-0.05, 0) is 0 Å². The summed E-state index contributed by atoms with van der Waals surface area (Å²) in [5.74, 6) is -1.33. The molecule has 2 atom stereocenters. The second-order valence-corrected chi connectivity index (χ2v) is 2.24. The van der Waals surface area contributed by atoms with E-state index in [0.717, 1.165) is 6.08 Å². The number of nitriles is 4. The summed E-state index contributed by atoms with van der Waals surface area (Å²) >= 11 is 0. The van der Waals surface area contributed by atoms with Crippen molar-refractivity contribution in [1.29, 1.82) is 21.0 Å². The molecule has 0 N–H and O–H groups in total. The quantitative estimate of drug-likeness (QED) is 0.595. The van der Waals surface area contributed by atoms with Gasteiger partial charge in [0.1, 0.15) is 0 Å². The predicted octanol–water partition coefficient (Wildman–Crippen LogP) is 1.26. The van der Waals surface area contributed by atoms with Gasteiger partial charge in [0.2, 0.25) is 0 Å². The number of rotatable bonds is 3. The Hall–Kier alpha value is -2.30. The lowest BCUT2D eigenvalue weighted by molar-refractivity contribution is 0.592. The van der Waals surface area contributed by atoms with Crippen LogP contribution in [0.5, 0.6) is 0 Å². The van der Waals surface area contributed by atoms with E-state index in [1.54, 1.807) is 6.07 Å². The molecule has 0 aromatic carbocycles. The van der Waals surface area contributed by atoms with Crippen molar-refractivity contribution in [2.24, 2.45) is 11.8 Å². The molecular formula is C9H6N4. The van der Waals surface area contributed by atoms with E-state index in [0.29, 0.717) is 0 Å². The summed E-state index contributed by atoms with van der Waals surface area (Å²) in [4.78, 5) is 0. The van der Waals surface area contributed by atoms with Gasteiger partial charge in [0.25, 0.3) is 0 Å². The molecule has 0 aromatic heterocycles. The van der Waals surface area contributed by atoms with E-state index < -0.39 is 11.8 Å². The minimum Gasteiger partial charge on any atom is -0.198 e. The monoisotopic (exact) mass is 170 g/mol. The molecule has 0 spiro atoms. The summed E-state index contributed by atoms with van der Waals surface area (Å²) < 4.78 is 0. The van der Waals surface area contributed by atoms with Gasteiger partial charge in [-0.1, -0.05) is 6.08 Å². The van der Waals surface area contributed by atoms with E-state index in [1.807, 2.05) is 18.2 Å². The lowest BCUT2D eigenvalue weighted by Gasteiger charge is -2.05. The van der Waals surface area contributed by atoms with Gasteiger partial charge in [-0.15, -0.1) is 0 Å². The third-order valence-corrected chi connectivity index (χ3v) is 1.44. The molecule has 0 heterocycles. The molecule has 0 radical (unpaired) electrons. The van der Waals surface area contributed by atoms with Crippen LogP contribution in [0.2, 0.25) is 0 Å². The van der Waals surface area contributed by atoms with Crippen LogP contribution in [0.1, 0.15) is 6.42 Å². The zero-order chi connectivity index (χ0) is 10.1. The van der Waals surface area contributed by atoms with E-state index >= 15 is 0 Å². The van der Waals surface area contributed by atoms with Crippen LogP contribution >= 0.6 is 0 Å². The second-order valence-electron chi connectivity index (χ2n) is 2.24. The fourth-order valence-corrected chi connectivity index (χ4v) is 0.765. The molecule has 0 rings (SSSR count). The summed E-state index contributed by atoms with van der Waals surface area (Å²) in [5.41, 5.74) is 0. The second kappa shape index (κ2) is 6.41. The van der Waals surface area contributed by atoms with E-state index in [2.05, 4.69) is 0 Å². The van der Waals surface area contributed by atoms with E-state index in [1.165, 1.54) is 6.08 Å². The molecule has 13 heavy (non-hydrogen) atoms. The normalized spacial score (nSPS) is 13.2. The predicted molar refractivity (Wildman–Crippen MR) is 43.2 cm³/mol. The van der Waals surface area contributed by atoms with Gasteiger partial charge < -0.3 is 0 Å². The molecule has 0 bridgehead atoms. The molecule has 0 fully saturated rings.